The van der Waals surface area contributed by atoms with Crippen LogP contribution in [0.25, 0.3) is 11.1 Å². The molecule has 2 amide bonds. The van der Waals surface area contributed by atoms with Gasteiger partial charge in [0.1, 0.15) is 18.0 Å². The number of Topliss-reactive ketones (excluding diaryl/α,β-unsaturated/α-hetero) is 1. The molecule has 1 aromatic heterocycles. The number of hydrogen-bond acceptors (Lipinski definition) is 8. The summed E-state index contributed by atoms with van der Waals surface area (Å²) in [7, 11) is 0. The summed E-state index contributed by atoms with van der Waals surface area (Å²) in [4.78, 5) is 46.9. The normalized spacial score (nSPS) is 20.6. The Labute approximate surface area is 189 Å². The van der Waals surface area contributed by atoms with Crippen LogP contribution in [-0.2, 0) is 14.3 Å². The van der Waals surface area contributed by atoms with Gasteiger partial charge in [-0.3, -0.25) is 14.5 Å². The van der Waals surface area contributed by atoms with Crippen molar-refractivity contribution in [1.29, 1.82) is 0 Å². The van der Waals surface area contributed by atoms with E-state index in [1.807, 2.05) is 4.90 Å². The number of piperazine rings is 1. The Morgan fingerprint density at radius 1 is 1.30 bits per heavy atom. The molecule has 0 spiro atoms. The number of ether oxygens (including phenoxy) is 1. The molecule has 0 bridgehead atoms. The van der Waals surface area contributed by atoms with Gasteiger partial charge in [0.25, 0.3) is 0 Å². The van der Waals surface area contributed by atoms with Crippen LogP contribution in [0.5, 0.6) is 0 Å². The van der Waals surface area contributed by atoms with Crippen molar-refractivity contribution < 1.29 is 23.5 Å². The van der Waals surface area contributed by atoms with E-state index in [-0.39, 0.29) is 30.4 Å². The van der Waals surface area contributed by atoms with E-state index >= 15 is 0 Å². The zero-order valence-corrected chi connectivity index (χ0v) is 18.2. The fourth-order valence-corrected chi connectivity index (χ4v) is 4.01. The van der Waals surface area contributed by atoms with Crippen molar-refractivity contribution in [3.63, 3.8) is 0 Å². The number of ketones is 1. The third-order valence-electron chi connectivity index (χ3n) is 5.77. The predicted octanol–water partition coefficient (Wildman–Crippen LogP) is 1.24. The fraction of sp³-hybridized carbons (Fsp3) is 0.409. The number of aromatic nitrogens is 2. The number of carbonyl (C=O) groups is 3. The molecular formula is C22H25FN6O4. The van der Waals surface area contributed by atoms with Crippen LogP contribution in [0.4, 0.5) is 20.8 Å². The summed E-state index contributed by atoms with van der Waals surface area (Å²) in [6.07, 6.45) is 2.39. The first-order chi connectivity index (χ1) is 15.8. The van der Waals surface area contributed by atoms with E-state index in [0.29, 0.717) is 43.3 Å². The van der Waals surface area contributed by atoms with Gasteiger partial charge in [0.2, 0.25) is 11.9 Å². The third-order valence-corrected chi connectivity index (χ3v) is 5.77. The lowest BCUT2D eigenvalue weighted by Gasteiger charge is -2.34. The summed E-state index contributed by atoms with van der Waals surface area (Å²) >= 11 is 0. The standard InChI is InChI=1S/C22H25FN6O4/c1-13(30)19-11-25-6-7-28(19)21-26-9-14(10-27-21)17-4-2-15(8-18(17)23)29-12-16(33-22(29)32)3-5-20(24)31/h2,4,8-10,16,19,25H,3,5-7,11-12H2,1H3,(H2,24,31). The molecule has 33 heavy (non-hydrogen) atoms. The number of nitrogens with two attached hydrogens (primary N) is 1. The lowest BCUT2D eigenvalue weighted by molar-refractivity contribution is -0.119. The van der Waals surface area contributed by atoms with Crippen LogP contribution in [0.1, 0.15) is 19.8 Å². The van der Waals surface area contributed by atoms with Gasteiger partial charge < -0.3 is 20.7 Å². The summed E-state index contributed by atoms with van der Waals surface area (Å²) in [6.45, 7) is 3.59. The van der Waals surface area contributed by atoms with Crippen LogP contribution < -0.4 is 20.9 Å². The number of rotatable bonds is 7. The average Bonchev–Trinajstić information content (AvgIpc) is 3.18. The van der Waals surface area contributed by atoms with E-state index in [1.54, 1.807) is 12.1 Å². The monoisotopic (exact) mass is 456 g/mol. The summed E-state index contributed by atoms with van der Waals surface area (Å²) < 4.78 is 20.2. The lowest BCUT2D eigenvalue weighted by atomic mass is 10.1. The first-order valence-electron chi connectivity index (χ1n) is 10.7. The molecule has 2 atom stereocenters. The van der Waals surface area contributed by atoms with E-state index in [1.165, 1.54) is 30.3 Å². The molecule has 3 N–H and O–H groups in total. The van der Waals surface area contributed by atoms with Crippen LogP contribution >= 0.6 is 0 Å². The van der Waals surface area contributed by atoms with Crippen molar-refractivity contribution in [3.05, 3.63) is 36.4 Å². The van der Waals surface area contributed by atoms with E-state index in [0.717, 1.165) is 0 Å². The minimum Gasteiger partial charge on any atom is -0.444 e. The Kier molecular flexibility index (Phi) is 6.50. The predicted molar refractivity (Wildman–Crippen MR) is 118 cm³/mol. The number of halogens is 1. The molecule has 11 heteroatoms. The molecule has 0 saturated carbocycles. The first-order valence-corrected chi connectivity index (χ1v) is 10.7. The number of benzene rings is 1. The smallest absolute Gasteiger partial charge is 0.414 e. The number of hydrogen-bond donors (Lipinski definition) is 2. The molecule has 2 fully saturated rings. The van der Waals surface area contributed by atoms with Crippen molar-refractivity contribution in [2.75, 3.05) is 36.0 Å². The number of cyclic esters (lactones) is 1. The molecule has 174 valence electrons. The minimum absolute atomic E-state index is 0.0221. The number of primary amides is 1. The molecular weight excluding hydrogens is 431 g/mol. The summed E-state index contributed by atoms with van der Waals surface area (Å²) in [5, 5.41) is 3.18. The van der Waals surface area contributed by atoms with Crippen LogP contribution in [0, 0.1) is 5.82 Å². The maximum absolute atomic E-state index is 14.9. The van der Waals surface area contributed by atoms with Crippen LogP contribution in [0.15, 0.2) is 30.6 Å². The van der Waals surface area contributed by atoms with Gasteiger partial charge >= 0.3 is 6.09 Å². The largest absolute Gasteiger partial charge is 0.444 e. The Balaban J connectivity index is 1.49. The minimum atomic E-state index is -0.597. The molecule has 0 radical (unpaired) electrons. The van der Waals surface area contributed by atoms with Crippen LogP contribution in [0.2, 0.25) is 0 Å². The zero-order valence-electron chi connectivity index (χ0n) is 18.2. The van der Waals surface area contributed by atoms with Gasteiger partial charge in [0, 0.05) is 49.6 Å². The lowest BCUT2D eigenvalue weighted by Crippen LogP contribution is -2.55. The highest BCUT2D eigenvalue weighted by Gasteiger charge is 2.33. The van der Waals surface area contributed by atoms with Crippen molar-refractivity contribution in [2.24, 2.45) is 5.73 Å². The Hall–Kier alpha value is -3.60. The number of amides is 2. The SMILES string of the molecule is CC(=O)C1CNCCN1c1ncc(-c2ccc(N3CC(CCC(N)=O)OC3=O)cc2F)cn1. The maximum atomic E-state index is 14.9. The number of anilines is 2. The molecule has 1 aromatic carbocycles. The Bertz CT molecular complexity index is 1060. The molecule has 3 heterocycles. The van der Waals surface area contributed by atoms with Gasteiger partial charge in [-0.25, -0.2) is 19.2 Å². The number of nitrogens with one attached hydrogen (secondary N) is 1. The quantitative estimate of drug-likeness (QED) is 0.636. The van der Waals surface area contributed by atoms with E-state index < -0.39 is 23.9 Å². The first kappa shape index (κ1) is 22.6. The van der Waals surface area contributed by atoms with Crippen molar-refractivity contribution in [3.8, 4) is 11.1 Å². The van der Waals surface area contributed by atoms with Crippen LogP contribution in [-0.4, -0.2) is 66.1 Å². The van der Waals surface area contributed by atoms with Crippen molar-refractivity contribution in [1.82, 2.24) is 15.3 Å². The summed E-state index contributed by atoms with van der Waals surface area (Å²) in [5.41, 5.74) is 6.25. The highest BCUT2D eigenvalue weighted by atomic mass is 19.1. The Morgan fingerprint density at radius 3 is 2.73 bits per heavy atom. The summed E-state index contributed by atoms with van der Waals surface area (Å²) in [6, 6.07) is 4.08. The van der Waals surface area contributed by atoms with Gasteiger partial charge in [0.15, 0.2) is 5.78 Å². The molecule has 4 rings (SSSR count). The van der Waals surface area contributed by atoms with E-state index in [2.05, 4.69) is 15.3 Å². The summed E-state index contributed by atoms with van der Waals surface area (Å²) in [5.74, 6) is -0.573. The van der Waals surface area contributed by atoms with Gasteiger partial charge in [-0.15, -0.1) is 0 Å². The topological polar surface area (TPSA) is 131 Å². The molecule has 2 saturated heterocycles. The van der Waals surface area contributed by atoms with Crippen molar-refractivity contribution in [2.45, 2.75) is 31.9 Å². The molecule has 10 nitrogen and oxygen atoms in total. The zero-order chi connectivity index (χ0) is 23.5. The van der Waals surface area contributed by atoms with Gasteiger partial charge in [0.05, 0.1) is 12.2 Å². The highest BCUT2D eigenvalue weighted by Crippen LogP contribution is 2.29. The second-order valence-electron chi connectivity index (χ2n) is 8.08. The van der Waals surface area contributed by atoms with E-state index in [4.69, 9.17) is 10.5 Å². The molecule has 0 aliphatic carbocycles. The number of carbonyl (C=O) groups excluding carboxylic acids is 3. The van der Waals surface area contributed by atoms with E-state index in [9.17, 15) is 18.8 Å². The molecule has 2 unspecified atom stereocenters. The molecule has 2 aromatic rings. The van der Waals surface area contributed by atoms with Gasteiger partial charge in [-0.2, -0.15) is 0 Å². The second kappa shape index (κ2) is 9.49. The third kappa shape index (κ3) is 4.92. The van der Waals surface area contributed by atoms with Gasteiger partial charge in [-0.1, -0.05) is 0 Å². The molecule has 2 aliphatic rings. The van der Waals surface area contributed by atoms with Crippen LogP contribution in [0.3, 0.4) is 0 Å². The number of nitrogens with zero attached hydrogens (tertiary/aromatic N) is 4. The Morgan fingerprint density at radius 2 is 2.06 bits per heavy atom. The maximum Gasteiger partial charge on any atom is 0.414 e. The second-order valence-corrected chi connectivity index (χ2v) is 8.08. The average molecular weight is 456 g/mol. The fourth-order valence-electron chi connectivity index (χ4n) is 4.01. The molecule has 2 aliphatic heterocycles. The highest BCUT2D eigenvalue weighted by molar-refractivity contribution is 5.90. The van der Waals surface area contributed by atoms with Crippen molar-refractivity contribution >= 4 is 29.4 Å². The van der Waals surface area contributed by atoms with Gasteiger partial charge in [-0.05, 0) is 31.5 Å².